The molecule has 20 heavy (non-hydrogen) atoms. The van der Waals surface area contributed by atoms with Crippen LogP contribution in [0.15, 0.2) is 18.2 Å². The number of hydrogen-bond donors (Lipinski definition) is 1. The third-order valence-corrected chi connectivity index (χ3v) is 4.36. The van der Waals surface area contributed by atoms with E-state index in [0.29, 0.717) is 10.0 Å². The number of halogens is 2. The van der Waals surface area contributed by atoms with E-state index in [1.807, 2.05) is 18.7 Å². The molecule has 0 saturated heterocycles. The maximum atomic E-state index is 13.0. The van der Waals surface area contributed by atoms with E-state index in [0.717, 1.165) is 13.1 Å². The Morgan fingerprint density at radius 3 is 2.65 bits per heavy atom. The van der Waals surface area contributed by atoms with E-state index in [-0.39, 0.29) is 16.7 Å². The molecule has 1 N–H and O–H groups in total. The van der Waals surface area contributed by atoms with Crippen molar-refractivity contribution in [2.45, 2.75) is 13.8 Å². The van der Waals surface area contributed by atoms with Gasteiger partial charge in [-0.25, -0.2) is 4.39 Å². The second kappa shape index (κ2) is 8.44. The summed E-state index contributed by atoms with van der Waals surface area (Å²) in [6.07, 6.45) is 0. The predicted octanol–water partition coefficient (Wildman–Crippen LogP) is 3.78. The Kier molecular flexibility index (Phi) is 7.26. The Morgan fingerprint density at radius 2 is 2.10 bits per heavy atom. The van der Waals surface area contributed by atoms with Gasteiger partial charge < -0.3 is 10.2 Å². The van der Waals surface area contributed by atoms with Crippen LogP contribution in [0.25, 0.3) is 0 Å². The molecule has 0 aliphatic carbocycles. The highest BCUT2D eigenvalue weighted by Gasteiger charge is 2.10. The van der Waals surface area contributed by atoms with Crippen LogP contribution in [0.4, 0.5) is 10.1 Å². The lowest BCUT2D eigenvalue weighted by molar-refractivity contribution is -0.113. The van der Waals surface area contributed by atoms with Gasteiger partial charge in [0.05, 0.1) is 10.8 Å². The monoisotopic (exact) mass is 334 g/mol. The summed E-state index contributed by atoms with van der Waals surface area (Å²) in [4.78, 5) is 13.8. The molecule has 0 aromatic heterocycles. The molecule has 0 fully saturated rings. The molecule has 0 radical (unpaired) electrons. The highest BCUT2D eigenvalue weighted by molar-refractivity contribution is 8.23. The number of amides is 1. The number of rotatable bonds is 5. The maximum Gasteiger partial charge on any atom is 0.234 e. The van der Waals surface area contributed by atoms with Crippen molar-refractivity contribution in [1.82, 2.24) is 4.90 Å². The van der Waals surface area contributed by atoms with Gasteiger partial charge in [0.15, 0.2) is 0 Å². The van der Waals surface area contributed by atoms with Gasteiger partial charge in [0.2, 0.25) is 5.91 Å². The maximum absolute atomic E-state index is 13.0. The smallest absolute Gasteiger partial charge is 0.234 e. The molecular weight excluding hydrogens is 319 g/mol. The number of carbonyl (C=O) groups excluding carboxylic acids is 1. The first kappa shape index (κ1) is 17.2. The fourth-order valence-corrected chi connectivity index (χ4v) is 2.85. The van der Waals surface area contributed by atoms with Crippen LogP contribution in [-0.2, 0) is 4.79 Å². The van der Waals surface area contributed by atoms with Crippen molar-refractivity contribution in [2.75, 3.05) is 24.2 Å². The van der Waals surface area contributed by atoms with Crippen molar-refractivity contribution in [3.05, 3.63) is 29.0 Å². The highest BCUT2D eigenvalue weighted by atomic mass is 35.5. The normalized spacial score (nSPS) is 10.2. The van der Waals surface area contributed by atoms with Gasteiger partial charge in [-0.05, 0) is 32.0 Å². The first-order valence-electron chi connectivity index (χ1n) is 6.14. The number of thioether (sulfide) groups is 1. The van der Waals surface area contributed by atoms with Crippen LogP contribution in [0, 0.1) is 5.82 Å². The third kappa shape index (κ3) is 5.26. The van der Waals surface area contributed by atoms with Crippen molar-refractivity contribution in [3.8, 4) is 0 Å². The topological polar surface area (TPSA) is 32.3 Å². The van der Waals surface area contributed by atoms with Crippen molar-refractivity contribution in [3.63, 3.8) is 0 Å². The van der Waals surface area contributed by atoms with Crippen molar-refractivity contribution < 1.29 is 9.18 Å². The molecule has 1 aromatic rings. The summed E-state index contributed by atoms with van der Waals surface area (Å²) in [7, 11) is 0. The summed E-state index contributed by atoms with van der Waals surface area (Å²) in [6.45, 7) is 5.66. The van der Waals surface area contributed by atoms with Crippen molar-refractivity contribution in [2.24, 2.45) is 0 Å². The second-order valence-electron chi connectivity index (χ2n) is 3.90. The van der Waals surface area contributed by atoms with E-state index >= 15 is 0 Å². The molecule has 1 amide bonds. The Balaban J connectivity index is 2.47. The summed E-state index contributed by atoms with van der Waals surface area (Å²) in [5.41, 5.74) is 0.468. The predicted molar refractivity (Wildman–Crippen MR) is 88.0 cm³/mol. The number of hydrogen-bond acceptors (Lipinski definition) is 3. The van der Waals surface area contributed by atoms with Gasteiger partial charge in [-0.15, -0.1) is 0 Å². The Hall–Kier alpha value is -0.850. The number of benzene rings is 1. The zero-order valence-electron chi connectivity index (χ0n) is 11.3. The zero-order chi connectivity index (χ0) is 15.1. The van der Waals surface area contributed by atoms with Crippen molar-refractivity contribution in [1.29, 1.82) is 0 Å². The summed E-state index contributed by atoms with van der Waals surface area (Å²) in [6, 6.07) is 4.06. The molecular formula is C13H16ClFN2OS2. The molecule has 0 unspecified atom stereocenters. The molecule has 7 heteroatoms. The lowest BCUT2D eigenvalue weighted by Crippen LogP contribution is -2.28. The summed E-state index contributed by atoms with van der Waals surface area (Å²) in [5, 5.41) is 2.63. The third-order valence-electron chi connectivity index (χ3n) is 2.55. The lowest BCUT2D eigenvalue weighted by Gasteiger charge is -2.20. The van der Waals surface area contributed by atoms with Gasteiger partial charge in [0.1, 0.15) is 10.1 Å². The quantitative estimate of drug-likeness (QED) is 0.831. The average molecular weight is 335 g/mol. The summed E-state index contributed by atoms with van der Waals surface area (Å²) in [5.74, 6) is -0.501. The number of nitrogens with zero attached hydrogens (tertiary/aromatic N) is 1. The number of anilines is 1. The Morgan fingerprint density at radius 1 is 1.45 bits per heavy atom. The van der Waals surface area contributed by atoms with Crippen LogP contribution in [0.2, 0.25) is 5.02 Å². The minimum Gasteiger partial charge on any atom is -0.358 e. The van der Waals surface area contributed by atoms with Crippen molar-refractivity contribution >= 4 is 51.5 Å². The molecule has 0 atom stereocenters. The molecule has 0 spiro atoms. The first-order valence-corrected chi connectivity index (χ1v) is 7.91. The standard InChI is InChI=1S/C13H16ClFN2OS2/c1-3-17(4-2)13(19)20-8-12(18)16-9-5-6-11(15)10(14)7-9/h5-7H,3-4,8H2,1-2H3,(H,16,18). The zero-order valence-corrected chi connectivity index (χ0v) is 13.7. The van der Waals surface area contributed by atoms with Crippen LogP contribution >= 0.6 is 35.6 Å². The molecule has 0 saturated carbocycles. The highest BCUT2D eigenvalue weighted by Crippen LogP contribution is 2.19. The van der Waals surface area contributed by atoms with E-state index in [9.17, 15) is 9.18 Å². The van der Waals surface area contributed by atoms with E-state index < -0.39 is 5.82 Å². The Bertz CT molecular complexity index is 495. The summed E-state index contributed by atoms with van der Waals surface area (Å²) >= 11 is 12.2. The van der Waals surface area contributed by atoms with Gasteiger partial charge in [0.25, 0.3) is 0 Å². The first-order chi connectivity index (χ1) is 9.47. The van der Waals surface area contributed by atoms with Gasteiger partial charge >= 0.3 is 0 Å². The van der Waals surface area contributed by atoms with Gasteiger partial charge in [0, 0.05) is 18.8 Å². The molecule has 0 aliphatic rings. The molecule has 0 heterocycles. The Labute approximate surface area is 132 Å². The van der Waals surface area contributed by atoms with Gasteiger partial charge in [-0.1, -0.05) is 35.6 Å². The lowest BCUT2D eigenvalue weighted by atomic mass is 10.3. The molecule has 110 valence electrons. The van der Waals surface area contributed by atoms with E-state index in [4.69, 9.17) is 23.8 Å². The van der Waals surface area contributed by atoms with Crippen LogP contribution in [-0.4, -0.2) is 34.0 Å². The van der Waals surface area contributed by atoms with Crippen LogP contribution in [0.1, 0.15) is 13.8 Å². The number of carbonyl (C=O) groups is 1. The van der Waals surface area contributed by atoms with E-state index in [2.05, 4.69) is 5.32 Å². The molecule has 1 rings (SSSR count). The van der Waals surface area contributed by atoms with Gasteiger partial charge in [-0.3, -0.25) is 4.79 Å². The van der Waals surface area contributed by atoms with Gasteiger partial charge in [-0.2, -0.15) is 0 Å². The van der Waals surface area contributed by atoms with Crippen LogP contribution < -0.4 is 5.32 Å². The second-order valence-corrected chi connectivity index (χ2v) is 5.92. The number of thiocarbonyl (C=S) groups is 1. The molecule has 1 aromatic carbocycles. The van der Waals surface area contributed by atoms with Crippen LogP contribution in [0.3, 0.4) is 0 Å². The largest absolute Gasteiger partial charge is 0.358 e. The molecule has 3 nitrogen and oxygen atoms in total. The fraction of sp³-hybridized carbons (Fsp3) is 0.385. The van der Waals surface area contributed by atoms with E-state index in [1.165, 1.54) is 30.0 Å². The molecule has 0 aliphatic heterocycles. The SMILES string of the molecule is CCN(CC)C(=S)SCC(=O)Nc1ccc(F)c(Cl)c1. The van der Waals surface area contributed by atoms with Crippen LogP contribution in [0.5, 0.6) is 0 Å². The molecule has 0 bridgehead atoms. The minimum absolute atomic E-state index is 0.0193. The summed E-state index contributed by atoms with van der Waals surface area (Å²) < 4.78 is 13.7. The van der Waals surface area contributed by atoms with E-state index in [1.54, 1.807) is 0 Å². The average Bonchev–Trinajstić information content (AvgIpc) is 2.42. The fourth-order valence-electron chi connectivity index (χ4n) is 1.47. The number of nitrogens with one attached hydrogen (secondary N) is 1. The minimum atomic E-state index is -0.512.